The lowest BCUT2D eigenvalue weighted by Gasteiger charge is -2.43. The van der Waals surface area contributed by atoms with Crippen molar-refractivity contribution in [1.29, 1.82) is 0 Å². The number of piperidine rings is 1. The minimum Gasteiger partial charge on any atom is -0.302 e. The summed E-state index contributed by atoms with van der Waals surface area (Å²) in [5.74, 6) is 0. The first-order chi connectivity index (χ1) is 15.8. The average Bonchev–Trinajstić information content (AvgIpc) is 2.86. The van der Waals surface area contributed by atoms with E-state index in [4.69, 9.17) is 0 Å². The zero-order valence-corrected chi connectivity index (χ0v) is 19.6. The molecule has 0 radical (unpaired) electrons. The molecule has 5 rings (SSSR count). The molecule has 1 aliphatic heterocycles. The Bertz CT molecular complexity index is 903. The fourth-order valence-corrected chi connectivity index (χ4v) is 6.51. The molecule has 174 valence electrons. The van der Waals surface area contributed by atoms with Crippen LogP contribution < -0.4 is 5.56 Å². The molecule has 1 aromatic heterocycles. The highest BCUT2D eigenvalue weighted by Gasteiger charge is 2.29. The smallest absolute Gasteiger partial charge is 0.261 e. The summed E-state index contributed by atoms with van der Waals surface area (Å²) in [4.78, 5) is 23.1. The van der Waals surface area contributed by atoms with E-state index in [-0.39, 0.29) is 11.6 Å². The molecule has 2 heterocycles. The van der Waals surface area contributed by atoms with Crippen LogP contribution in [0, 0.1) is 0 Å². The monoisotopic (exact) mass is 436 g/mol. The maximum atomic E-state index is 13.0. The van der Waals surface area contributed by atoms with E-state index in [1.807, 2.05) is 28.8 Å². The van der Waals surface area contributed by atoms with Crippen molar-refractivity contribution in [3.05, 3.63) is 40.9 Å². The van der Waals surface area contributed by atoms with Crippen molar-refractivity contribution in [2.75, 3.05) is 26.2 Å². The van der Waals surface area contributed by atoms with Crippen LogP contribution >= 0.6 is 0 Å². The van der Waals surface area contributed by atoms with Crippen molar-refractivity contribution < 1.29 is 0 Å². The largest absolute Gasteiger partial charge is 0.302 e. The van der Waals surface area contributed by atoms with Crippen LogP contribution in [0.25, 0.3) is 10.9 Å². The van der Waals surface area contributed by atoms with Crippen LogP contribution in [0.4, 0.5) is 0 Å². The fraction of sp³-hybridized carbons (Fsp3) is 0.704. The highest BCUT2D eigenvalue weighted by atomic mass is 16.1. The maximum Gasteiger partial charge on any atom is 0.261 e. The van der Waals surface area contributed by atoms with Crippen LogP contribution in [0.2, 0.25) is 0 Å². The van der Waals surface area contributed by atoms with Crippen molar-refractivity contribution in [2.45, 2.75) is 95.2 Å². The van der Waals surface area contributed by atoms with Crippen molar-refractivity contribution in [3.63, 3.8) is 0 Å². The van der Waals surface area contributed by atoms with Gasteiger partial charge in [-0.2, -0.15) is 0 Å². The van der Waals surface area contributed by atoms with Crippen LogP contribution in [-0.4, -0.2) is 57.6 Å². The third-order valence-corrected chi connectivity index (χ3v) is 8.40. The highest BCUT2D eigenvalue weighted by molar-refractivity contribution is 5.76. The van der Waals surface area contributed by atoms with Crippen LogP contribution in [0.5, 0.6) is 0 Å². The van der Waals surface area contributed by atoms with E-state index >= 15 is 0 Å². The number of benzene rings is 1. The molecule has 5 heteroatoms. The van der Waals surface area contributed by atoms with Gasteiger partial charge >= 0.3 is 0 Å². The number of aromatic nitrogens is 2. The SMILES string of the molecule is O=c1c2ccccc2ncn1C1CCN(CCN(C2CCCCC2)C2CCCCC2)CC1. The highest BCUT2D eigenvalue weighted by Crippen LogP contribution is 2.30. The predicted molar refractivity (Wildman–Crippen MR) is 131 cm³/mol. The van der Waals surface area contributed by atoms with Gasteiger partial charge in [-0.25, -0.2) is 4.98 Å². The molecule has 5 nitrogen and oxygen atoms in total. The summed E-state index contributed by atoms with van der Waals surface area (Å²) in [5, 5.41) is 0.744. The molecule has 0 unspecified atom stereocenters. The summed E-state index contributed by atoms with van der Waals surface area (Å²) in [6, 6.07) is 9.64. The van der Waals surface area contributed by atoms with Gasteiger partial charge in [0.15, 0.2) is 0 Å². The van der Waals surface area contributed by atoms with E-state index < -0.39 is 0 Å². The first kappa shape index (κ1) is 22.1. The number of rotatable bonds is 6. The Labute approximate surface area is 192 Å². The molecule has 3 aliphatic rings. The Morgan fingerprint density at radius 3 is 2.12 bits per heavy atom. The standard InChI is InChI=1S/C27H40N4O/c32-27-25-13-7-8-14-26(25)28-21-31(27)24-15-17-29(18-16-24)19-20-30(22-9-3-1-4-10-22)23-11-5-2-6-12-23/h7-8,13-14,21-24H,1-6,9-12,15-20H2. The Balaban J connectivity index is 1.18. The van der Waals surface area contributed by atoms with Gasteiger partial charge in [0.05, 0.1) is 17.2 Å². The summed E-state index contributed by atoms with van der Waals surface area (Å²) in [5.41, 5.74) is 0.923. The lowest BCUT2D eigenvalue weighted by Crippen LogP contribution is -2.49. The third kappa shape index (κ3) is 4.94. The molecule has 0 bridgehead atoms. The molecule has 2 aromatic rings. The number of hydrogen-bond acceptors (Lipinski definition) is 4. The molecular formula is C27H40N4O. The van der Waals surface area contributed by atoms with Gasteiger partial charge in [0.25, 0.3) is 5.56 Å². The van der Waals surface area contributed by atoms with Gasteiger partial charge in [0, 0.05) is 44.3 Å². The normalized spacial score (nSPS) is 22.7. The van der Waals surface area contributed by atoms with Crippen molar-refractivity contribution in [1.82, 2.24) is 19.4 Å². The first-order valence-electron chi connectivity index (χ1n) is 13.2. The van der Waals surface area contributed by atoms with Gasteiger partial charge in [-0.3, -0.25) is 14.3 Å². The summed E-state index contributed by atoms with van der Waals surface area (Å²) < 4.78 is 1.90. The van der Waals surface area contributed by atoms with Crippen molar-refractivity contribution in [3.8, 4) is 0 Å². The van der Waals surface area contributed by atoms with Gasteiger partial charge in [-0.1, -0.05) is 50.7 Å². The lowest BCUT2D eigenvalue weighted by atomic mass is 9.88. The summed E-state index contributed by atoms with van der Waals surface area (Å²) >= 11 is 0. The number of hydrogen-bond donors (Lipinski definition) is 0. The van der Waals surface area contributed by atoms with Gasteiger partial charge in [0.2, 0.25) is 0 Å². The van der Waals surface area contributed by atoms with Crippen LogP contribution in [0.3, 0.4) is 0 Å². The zero-order chi connectivity index (χ0) is 21.8. The molecule has 2 aliphatic carbocycles. The average molecular weight is 437 g/mol. The summed E-state index contributed by atoms with van der Waals surface area (Å²) in [6.45, 7) is 4.60. The summed E-state index contributed by atoms with van der Waals surface area (Å²) in [7, 11) is 0. The first-order valence-corrected chi connectivity index (χ1v) is 13.2. The quantitative estimate of drug-likeness (QED) is 0.639. The van der Waals surface area contributed by atoms with Gasteiger partial charge in [-0.15, -0.1) is 0 Å². The molecule has 0 spiro atoms. The Hall–Kier alpha value is -1.72. The molecule has 1 aromatic carbocycles. The van der Waals surface area contributed by atoms with Crippen LogP contribution in [-0.2, 0) is 0 Å². The molecule has 0 N–H and O–H groups in total. The van der Waals surface area contributed by atoms with Gasteiger partial charge < -0.3 is 4.90 Å². The zero-order valence-electron chi connectivity index (χ0n) is 19.6. The van der Waals surface area contributed by atoms with Gasteiger partial charge in [-0.05, 0) is 50.7 Å². The van der Waals surface area contributed by atoms with Crippen LogP contribution in [0.1, 0.15) is 83.1 Å². The Morgan fingerprint density at radius 2 is 1.47 bits per heavy atom. The van der Waals surface area contributed by atoms with Crippen molar-refractivity contribution in [2.24, 2.45) is 0 Å². The molecule has 32 heavy (non-hydrogen) atoms. The van der Waals surface area contributed by atoms with E-state index in [0.717, 1.165) is 48.9 Å². The second-order valence-corrected chi connectivity index (χ2v) is 10.4. The molecule has 3 fully saturated rings. The van der Waals surface area contributed by atoms with Crippen LogP contribution in [0.15, 0.2) is 35.4 Å². The topological polar surface area (TPSA) is 41.4 Å². The molecule has 2 saturated carbocycles. The van der Waals surface area contributed by atoms with E-state index in [0.29, 0.717) is 0 Å². The molecular weight excluding hydrogens is 396 g/mol. The number of likely N-dealkylation sites (tertiary alicyclic amines) is 1. The fourth-order valence-electron chi connectivity index (χ4n) is 6.51. The third-order valence-electron chi connectivity index (χ3n) is 8.40. The molecule has 0 amide bonds. The van der Waals surface area contributed by atoms with E-state index in [1.54, 1.807) is 6.33 Å². The van der Waals surface area contributed by atoms with Crippen molar-refractivity contribution >= 4 is 10.9 Å². The minimum absolute atomic E-state index is 0.120. The second kappa shape index (κ2) is 10.5. The lowest BCUT2D eigenvalue weighted by molar-refractivity contribution is 0.0625. The minimum atomic E-state index is 0.120. The summed E-state index contributed by atoms with van der Waals surface area (Å²) in [6.07, 6.45) is 18.1. The second-order valence-electron chi connectivity index (χ2n) is 10.4. The van der Waals surface area contributed by atoms with E-state index in [2.05, 4.69) is 14.8 Å². The predicted octanol–water partition coefficient (Wildman–Crippen LogP) is 5.00. The van der Waals surface area contributed by atoms with E-state index in [1.165, 1.54) is 77.3 Å². The number of nitrogens with zero attached hydrogens (tertiary/aromatic N) is 4. The van der Waals surface area contributed by atoms with Gasteiger partial charge in [0.1, 0.15) is 0 Å². The Morgan fingerprint density at radius 1 is 0.844 bits per heavy atom. The maximum absolute atomic E-state index is 13.0. The molecule has 1 saturated heterocycles. The number of fused-ring (bicyclic) bond motifs is 1. The van der Waals surface area contributed by atoms with E-state index in [9.17, 15) is 4.79 Å². The number of para-hydroxylation sites is 1. The Kier molecular flexibility index (Phi) is 7.23. The molecule has 0 atom stereocenters.